The normalized spacial score (nSPS) is 11.6. The Labute approximate surface area is 119 Å². The number of thioether (sulfide) groups is 1. The zero-order chi connectivity index (χ0) is 15.1. The Morgan fingerprint density at radius 3 is 2.55 bits per heavy atom. The van der Waals surface area contributed by atoms with E-state index in [0.717, 1.165) is 11.8 Å². The standard InChI is InChI=1S/C12H14N2O5S/c13-7-2-1-3-8(6-7)20-12(19)14-9(11(17)18)4-5-10(15)16/h1-3,6,9H,4-5,13H2,(H,14,19)(H,15,16)(H,17,18)/t9-/m0/s1. The summed E-state index contributed by atoms with van der Waals surface area (Å²) in [7, 11) is 0. The van der Waals surface area contributed by atoms with E-state index in [1.807, 2.05) is 0 Å². The van der Waals surface area contributed by atoms with Crippen molar-refractivity contribution in [3.63, 3.8) is 0 Å². The van der Waals surface area contributed by atoms with E-state index < -0.39 is 23.2 Å². The molecule has 108 valence electrons. The molecule has 0 fully saturated rings. The highest BCUT2D eigenvalue weighted by Gasteiger charge is 2.21. The summed E-state index contributed by atoms with van der Waals surface area (Å²) >= 11 is 0.797. The minimum atomic E-state index is -1.27. The molecule has 0 aliphatic carbocycles. The van der Waals surface area contributed by atoms with Gasteiger partial charge >= 0.3 is 11.9 Å². The summed E-state index contributed by atoms with van der Waals surface area (Å²) in [6.07, 6.45) is -0.506. The molecule has 0 radical (unpaired) electrons. The van der Waals surface area contributed by atoms with Gasteiger partial charge in [-0.2, -0.15) is 0 Å². The van der Waals surface area contributed by atoms with Crippen molar-refractivity contribution in [3.8, 4) is 0 Å². The van der Waals surface area contributed by atoms with Crippen LogP contribution in [0.25, 0.3) is 0 Å². The van der Waals surface area contributed by atoms with Crippen LogP contribution in [0.4, 0.5) is 10.5 Å². The SMILES string of the molecule is Nc1cccc(SC(=O)N[C@@H](CCC(=O)O)C(=O)O)c1. The van der Waals surface area contributed by atoms with Gasteiger partial charge in [0, 0.05) is 17.0 Å². The fourth-order valence-corrected chi connectivity index (χ4v) is 2.14. The number of nitrogen functional groups attached to an aromatic ring is 1. The number of nitrogens with one attached hydrogen (secondary N) is 1. The fraction of sp³-hybridized carbons (Fsp3) is 0.250. The van der Waals surface area contributed by atoms with Crippen LogP contribution in [-0.2, 0) is 9.59 Å². The zero-order valence-electron chi connectivity index (χ0n) is 10.4. The molecular weight excluding hydrogens is 284 g/mol. The summed E-state index contributed by atoms with van der Waals surface area (Å²) in [5.74, 6) is -2.39. The number of aliphatic carboxylic acids is 2. The Morgan fingerprint density at radius 2 is 2.00 bits per heavy atom. The largest absolute Gasteiger partial charge is 0.481 e. The number of carbonyl (C=O) groups excluding carboxylic acids is 1. The maximum absolute atomic E-state index is 11.7. The summed E-state index contributed by atoms with van der Waals surface area (Å²) < 4.78 is 0. The van der Waals surface area contributed by atoms with Crippen molar-refractivity contribution in [2.24, 2.45) is 0 Å². The molecule has 1 aromatic rings. The number of anilines is 1. The number of carbonyl (C=O) groups is 3. The van der Waals surface area contributed by atoms with Crippen LogP contribution in [0.3, 0.4) is 0 Å². The molecule has 7 nitrogen and oxygen atoms in total. The number of carboxylic acid groups (broad SMARTS) is 2. The first-order chi connectivity index (χ1) is 9.38. The van der Waals surface area contributed by atoms with E-state index in [0.29, 0.717) is 10.6 Å². The molecule has 0 aliphatic heterocycles. The first kappa shape index (κ1) is 15.8. The highest BCUT2D eigenvalue weighted by atomic mass is 32.2. The van der Waals surface area contributed by atoms with Crippen LogP contribution in [-0.4, -0.2) is 33.4 Å². The topological polar surface area (TPSA) is 130 Å². The number of carboxylic acids is 2. The molecule has 1 amide bonds. The third-order valence-electron chi connectivity index (χ3n) is 2.31. The van der Waals surface area contributed by atoms with Crippen LogP contribution in [0.5, 0.6) is 0 Å². The molecule has 0 aliphatic rings. The molecule has 0 heterocycles. The summed E-state index contributed by atoms with van der Waals surface area (Å²) in [5, 5.41) is 19.1. The van der Waals surface area contributed by atoms with Gasteiger partial charge in [0.05, 0.1) is 0 Å². The van der Waals surface area contributed by atoms with Gasteiger partial charge in [0.25, 0.3) is 5.24 Å². The predicted octanol–water partition coefficient (Wildman–Crippen LogP) is 1.39. The average molecular weight is 298 g/mol. The quantitative estimate of drug-likeness (QED) is 0.461. The number of hydrogen-bond acceptors (Lipinski definition) is 5. The minimum absolute atomic E-state index is 0.173. The molecule has 0 bridgehead atoms. The number of nitrogens with two attached hydrogens (primary N) is 1. The molecule has 0 spiro atoms. The molecule has 20 heavy (non-hydrogen) atoms. The van der Waals surface area contributed by atoms with Gasteiger partial charge in [-0.15, -0.1) is 0 Å². The molecular formula is C12H14N2O5S. The van der Waals surface area contributed by atoms with Crippen LogP contribution < -0.4 is 11.1 Å². The molecule has 1 atom stereocenters. The fourth-order valence-electron chi connectivity index (χ4n) is 1.38. The molecule has 1 rings (SSSR count). The van der Waals surface area contributed by atoms with E-state index in [9.17, 15) is 14.4 Å². The van der Waals surface area contributed by atoms with Gasteiger partial charge in [-0.05, 0) is 36.4 Å². The van der Waals surface area contributed by atoms with Crippen LogP contribution in [0, 0.1) is 0 Å². The maximum Gasteiger partial charge on any atom is 0.326 e. The van der Waals surface area contributed by atoms with Crippen molar-refractivity contribution >= 4 is 34.6 Å². The molecule has 0 unspecified atom stereocenters. The molecule has 1 aromatic carbocycles. The van der Waals surface area contributed by atoms with Crippen molar-refractivity contribution in [1.82, 2.24) is 5.32 Å². The lowest BCUT2D eigenvalue weighted by Crippen LogP contribution is -2.39. The second-order valence-corrected chi connectivity index (χ2v) is 4.98. The zero-order valence-corrected chi connectivity index (χ0v) is 11.2. The highest BCUT2D eigenvalue weighted by molar-refractivity contribution is 8.13. The average Bonchev–Trinajstić information content (AvgIpc) is 2.33. The van der Waals surface area contributed by atoms with Crippen LogP contribution in [0.2, 0.25) is 0 Å². The van der Waals surface area contributed by atoms with Gasteiger partial charge in [-0.1, -0.05) is 6.07 Å². The Morgan fingerprint density at radius 1 is 1.30 bits per heavy atom. The minimum Gasteiger partial charge on any atom is -0.481 e. The first-order valence-electron chi connectivity index (χ1n) is 5.67. The van der Waals surface area contributed by atoms with E-state index in [2.05, 4.69) is 5.32 Å². The van der Waals surface area contributed by atoms with Crippen molar-refractivity contribution in [2.45, 2.75) is 23.8 Å². The lowest BCUT2D eigenvalue weighted by atomic mass is 10.1. The van der Waals surface area contributed by atoms with Crippen molar-refractivity contribution in [2.75, 3.05) is 5.73 Å². The smallest absolute Gasteiger partial charge is 0.326 e. The number of benzene rings is 1. The van der Waals surface area contributed by atoms with Gasteiger partial charge in [0.1, 0.15) is 6.04 Å². The van der Waals surface area contributed by atoms with Crippen LogP contribution in [0.1, 0.15) is 12.8 Å². The monoisotopic (exact) mass is 298 g/mol. The summed E-state index contributed by atoms with van der Waals surface area (Å²) in [5.41, 5.74) is 6.05. The Bertz CT molecular complexity index is 520. The maximum atomic E-state index is 11.7. The van der Waals surface area contributed by atoms with Crippen molar-refractivity contribution < 1.29 is 24.6 Å². The third-order valence-corrected chi connectivity index (χ3v) is 3.10. The van der Waals surface area contributed by atoms with E-state index in [1.165, 1.54) is 0 Å². The molecule has 0 aromatic heterocycles. The third kappa shape index (κ3) is 5.61. The molecule has 5 N–H and O–H groups in total. The van der Waals surface area contributed by atoms with Gasteiger partial charge in [-0.3, -0.25) is 9.59 Å². The summed E-state index contributed by atoms with van der Waals surface area (Å²) in [6, 6.07) is 5.34. The number of hydrogen-bond donors (Lipinski definition) is 4. The van der Waals surface area contributed by atoms with E-state index in [4.69, 9.17) is 15.9 Å². The molecule has 0 saturated heterocycles. The van der Waals surface area contributed by atoms with Crippen molar-refractivity contribution in [1.29, 1.82) is 0 Å². The van der Waals surface area contributed by atoms with E-state index in [-0.39, 0.29) is 12.8 Å². The van der Waals surface area contributed by atoms with Gasteiger partial charge in [0.15, 0.2) is 0 Å². The lowest BCUT2D eigenvalue weighted by Gasteiger charge is -2.13. The summed E-state index contributed by atoms with van der Waals surface area (Å²) in [4.78, 5) is 33.6. The Kier molecular flexibility index (Phi) is 5.85. The first-order valence-corrected chi connectivity index (χ1v) is 6.48. The van der Waals surface area contributed by atoms with Crippen LogP contribution >= 0.6 is 11.8 Å². The number of rotatable bonds is 6. The Hall–Kier alpha value is -2.22. The van der Waals surface area contributed by atoms with E-state index in [1.54, 1.807) is 24.3 Å². The molecule has 0 saturated carbocycles. The highest BCUT2D eigenvalue weighted by Crippen LogP contribution is 2.21. The van der Waals surface area contributed by atoms with Gasteiger partial charge in [-0.25, -0.2) is 4.79 Å². The Balaban J connectivity index is 2.57. The van der Waals surface area contributed by atoms with Crippen molar-refractivity contribution in [3.05, 3.63) is 24.3 Å². The number of amides is 1. The summed E-state index contributed by atoms with van der Waals surface area (Å²) in [6.45, 7) is 0. The van der Waals surface area contributed by atoms with Crippen LogP contribution in [0.15, 0.2) is 29.2 Å². The predicted molar refractivity (Wildman–Crippen MR) is 73.5 cm³/mol. The molecule has 8 heteroatoms. The lowest BCUT2D eigenvalue weighted by molar-refractivity contribution is -0.140. The second kappa shape index (κ2) is 7.39. The second-order valence-electron chi connectivity index (χ2n) is 3.93. The van der Waals surface area contributed by atoms with E-state index >= 15 is 0 Å². The van der Waals surface area contributed by atoms with Gasteiger partial charge < -0.3 is 21.3 Å². The van der Waals surface area contributed by atoms with Gasteiger partial charge in [0.2, 0.25) is 0 Å².